The molecule has 0 aliphatic rings. The summed E-state index contributed by atoms with van der Waals surface area (Å²) in [6.07, 6.45) is 3.16. The van der Waals surface area contributed by atoms with Gasteiger partial charge in [0.05, 0.1) is 17.6 Å². The fourth-order valence-corrected chi connectivity index (χ4v) is 3.56. The quantitative estimate of drug-likeness (QED) is 0.578. The second-order valence-electron chi connectivity index (χ2n) is 7.52. The molecule has 8 nitrogen and oxygen atoms in total. The predicted molar refractivity (Wildman–Crippen MR) is 120 cm³/mol. The van der Waals surface area contributed by atoms with E-state index in [0.717, 1.165) is 24.2 Å². The molecule has 8 heteroatoms. The number of rotatable bonds is 8. The van der Waals surface area contributed by atoms with Gasteiger partial charge in [-0.15, -0.1) is 0 Å². The predicted octanol–water partition coefficient (Wildman–Crippen LogP) is 3.45. The van der Waals surface area contributed by atoms with Gasteiger partial charge in [-0.25, -0.2) is 9.78 Å². The molecule has 1 aromatic carbocycles. The minimum atomic E-state index is -1.09. The van der Waals surface area contributed by atoms with Crippen LogP contribution in [0.1, 0.15) is 44.1 Å². The van der Waals surface area contributed by atoms with Crippen LogP contribution in [-0.4, -0.2) is 45.3 Å². The Bertz CT molecular complexity index is 1090. The average Bonchev–Trinajstić information content (AvgIpc) is 3.00. The number of hydrogen-bond acceptors (Lipinski definition) is 5. The molecule has 0 radical (unpaired) electrons. The second-order valence-corrected chi connectivity index (χ2v) is 7.52. The molecule has 2 heterocycles. The van der Waals surface area contributed by atoms with E-state index >= 15 is 0 Å². The number of amides is 1. The molecule has 0 spiro atoms. The Labute approximate surface area is 181 Å². The molecule has 0 fully saturated rings. The Hall–Kier alpha value is -3.68. The minimum Gasteiger partial charge on any atom is -0.478 e. The van der Waals surface area contributed by atoms with Crippen LogP contribution < -0.4 is 10.2 Å². The van der Waals surface area contributed by atoms with Crippen molar-refractivity contribution in [1.29, 1.82) is 0 Å². The lowest BCUT2D eigenvalue weighted by molar-refractivity contribution is 0.0696. The third-order valence-electron chi connectivity index (χ3n) is 5.33. The lowest BCUT2D eigenvalue weighted by Crippen LogP contribution is -2.23. The molecular formula is C23H27N5O3. The molecule has 0 bridgehead atoms. The Morgan fingerprint density at radius 3 is 2.52 bits per heavy atom. The van der Waals surface area contributed by atoms with Crippen LogP contribution in [0.15, 0.2) is 42.6 Å². The summed E-state index contributed by atoms with van der Waals surface area (Å²) in [4.78, 5) is 30.3. The topological polar surface area (TPSA) is 100 Å². The zero-order chi connectivity index (χ0) is 22.5. The van der Waals surface area contributed by atoms with E-state index in [-0.39, 0.29) is 11.5 Å². The summed E-state index contributed by atoms with van der Waals surface area (Å²) >= 11 is 0. The number of hydrogen-bond donors (Lipinski definition) is 2. The fourth-order valence-electron chi connectivity index (χ4n) is 3.56. The first-order valence-corrected chi connectivity index (χ1v) is 10.1. The number of aromatic carboxylic acids is 1. The van der Waals surface area contributed by atoms with Gasteiger partial charge in [0.1, 0.15) is 11.4 Å². The molecule has 0 saturated carbocycles. The summed E-state index contributed by atoms with van der Waals surface area (Å²) in [5, 5.41) is 16.8. The van der Waals surface area contributed by atoms with Crippen molar-refractivity contribution in [2.24, 2.45) is 7.05 Å². The van der Waals surface area contributed by atoms with Crippen LogP contribution in [0.3, 0.4) is 0 Å². The lowest BCUT2D eigenvalue weighted by atomic mass is 10.1. The minimum absolute atomic E-state index is 0.0436. The maximum Gasteiger partial charge on any atom is 0.339 e. The van der Waals surface area contributed by atoms with Crippen LogP contribution in [0.4, 0.5) is 11.5 Å². The van der Waals surface area contributed by atoms with Crippen LogP contribution in [0.25, 0.3) is 0 Å². The highest BCUT2D eigenvalue weighted by molar-refractivity contribution is 6.05. The van der Waals surface area contributed by atoms with Crippen LogP contribution in [0, 0.1) is 13.8 Å². The molecule has 0 aliphatic carbocycles. The molecule has 1 amide bonds. The van der Waals surface area contributed by atoms with Crippen LogP contribution in [0.5, 0.6) is 0 Å². The Morgan fingerprint density at radius 1 is 1.19 bits per heavy atom. The molecule has 162 valence electrons. The number of nitrogens with zero attached hydrogens (tertiary/aromatic N) is 4. The number of aromatic nitrogens is 3. The van der Waals surface area contributed by atoms with Crippen molar-refractivity contribution >= 4 is 23.4 Å². The summed E-state index contributed by atoms with van der Waals surface area (Å²) in [6.45, 7) is 4.68. The van der Waals surface area contributed by atoms with Crippen molar-refractivity contribution in [2.75, 3.05) is 23.8 Å². The SMILES string of the molecule is Cc1nn(C)c(C)c1CCCN(C)c1ncc(NC(=O)c2ccccc2)cc1C(=O)O. The van der Waals surface area contributed by atoms with Crippen LogP contribution >= 0.6 is 0 Å². The maximum absolute atomic E-state index is 12.3. The van der Waals surface area contributed by atoms with Gasteiger partial charge in [0.2, 0.25) is 0 Å². The van der Waals surface area contributed by atoms with Gasteiger partial charge in [-0.05, 0) is 50.5 Å². The van der Waals surface area contributed by atoms with Gasteiger partial charge in [0, 0.05) is 31.9 Å². The monoisotopic (exact) mass is 421 g/mol. The van der Waals surface area contributed by atoms with Gasteiger partial charge in [-0.2, -0.15) is 5.10 Å². The molecule has 2 aromatic heterocycles. The Balaban J connectivity index is 1.70. The molecule has 0 atom stereocenters. The number of anilines is 2. The van der Waals surface area contributed by atoms with E-state index in [1.54, 1.807) is 24.3 Å². The molecular weight excluding hydrogens is 394 g/mol. The number of nitrogens with one attached hydrogen (secondary N) is 1. The number of aryl methyl sites for hydroxylation is 2. The number of carbonyl (C=O) groups excluding carboxylic acids is 1. The normalized spacial score (nSPS) is 10.7. The van der Waals surface area contributed by atoms with Crippen molar-refractivity contribution in [2.45, 2.75) is 26.7 Å². The summed E-state index contributed by atoms with van der Waals surface area (Å²) in [6, 6.07) is 10.2. The third kappa shape index (κ3) is 5.09. The standard InChI is InChI=1S/C23H27N5O3/c1-15-19(16(2)28(4)26-15)11-8-12-27(3)21-20(23(30)31)13-18(14-24-21)25-22(29)17-9-6-5-7-10-17/h5-7,9-10,13-14H,8,11-12H2,1-4H3,(H,25,29)(H,30,31). The van der Waals surface area contributed by atoms with Gasteiger partial charge in [-0.3, -0.25) is 9.48 Å². The van der Waals surface area contributed by atoms with Crippen LogP contribution in [-0.2, 0) is 13.5 Å². The molecule has 3 rings (SSSR count). The van der Waals surface area contributed by atoms with Crippen molar-refractivity contribution < 1.29 is 14.7 Å². The summed E-state index contributed by atoms with van der Waals surface area (Å²) in [5.41, 5.74) is 4.25. The van der Waals surface area contributed by atoms with Gasteiger partial charge < -0.3 is 15.3 Å². The van der Waals surface area contributed by atoms with Crippen molar-refractivity contribution in [3.05, 3.63) is 70.7 Å². The van der Waals surface area contributed by atoms with Gasteiger partial charge >= 0.3 is 5.97 Å². The van der Waals surface area contributed by atoms with E-state index in [4.69, 9.17) is 0 Å². The smallest absolute Gasteiger partial charge is 0.339 e. The van der Waals surface area contributed by atoms with E-state index < -0.39 is 5.97 Å². The highest BCUT2D eigenvalue weighted by Gasteiger charge is 2.18. The third-order valence-corrected chi connectivity index (χ3v) is 5.33. The first-order chi connectivity index (χ1) is 14.8. The van der Waals surface area contributed by atoms with E-state index in [1.807, 2.05) is 43.6 Å². The largest absolute Gasteiger partial charge is 0.478 e. The first-order valence-electron chi connectivity index (χ1n) is 10.1. The summed E-state index contributed by atoms with van der Waals surface area (Å²) in [5.74, 6) is -1.05. The molecule has 0 aliphatic heterocycles. The summed E-state index contributed by atoms with van der Waals surface area (Å²) in [7, 11) is 3.75. The van der Waals surface area contributed by atoms with E-state index in [1.165, 1.54) is 17.8 Å². The highest BCUT2D eigenvalue weighted by Crippen LogP contribution is 2.22. The molecule has 0 saturated heterocycles. The van der Waals surface area contributed by atoms with E-state index in [0.29, 0.717) is 23.6 Å². The molecule has 0 unspecified atom stereocenters. The van der Waals surface area contributed by atoms with Gasteiger partial charge in [0.25, 0.3) is 5.91 Å². The zero-order valence-corrected chi connectivity index (χ0v) is 18.2. The highest BCUT2D eigenvalue weighted by atomic mass is 16.4. The van der Waals surface area contributed by atoms with Gasteiger partial charge in [-0.1, -0.05) is 18.2 Å². The molecule has 3 aromatic rings. The van der Waals surface area contributed by atoms with E-state index in [9.17, 15) is 14.7 Å². The van der Waals surface area contributed by atoms with Crippen molar-refractivity contribution in [3.63, 3.8) is 0 Å². The first kappa shape index (κ1) is 22.0. The molecule has 2 N–H and O–H groups in total. The maximum atomic E-state index is 12.3. The van der Waals surface area contributed by atoms with Crippen molar-refractivity contribution in [3.8, 4) is 0 Å². The zero-order valence-electron chi connectivity index (χ0n) is 18.2. The average molecular weight is 422 g/mol. The summed E-state index contributed by atoms with van der Waals surface area (Å²) < 4.78 is 1.88. The van der Waals surface area contributed by atoms with Crippen LogP contribution in [0.2, 0.25) is 0 Å². The Morgan fingerprint density at radius 2 is 1.90 bits per heavy atom. The van der Waals surface area contributed by atoms with Gasteiger partial charge in [0.15, 0.2) is 0 Å². The fraction of sp³-hybridized carbons (Fsp3) is 0.304. The molecule has 31 heavy (non-hydrogen) atoms. The number of carbonyl (C=O) groups is 2. The lowest BCUT2D eigenvalue weighted by Gasteiger charge is -2.20. The van der Waals surface area contributed by atoms with Crippen molar-refractivity contribution in [1.82, 2.24) is 14.8 Å². The Kier molecular flexibility index (Phi) is 6.69. The van der Waals surface area contributed by atoms with E-state index in [2.05, 4.69) is 15.4 Å². The number of carboxylic acids is 1. The second kappa shape index (κ2) is 9.42. The number of carboxylic acid groups (broad SMARTS) is 1. The number of benzene rings is 1. The number of pyridine rings is 1.